The Bertz CT molecular complexity index is 872. The molecule has 1 aromatic carbocycles. The number of nitrogens with zero attached hydrogens (tertiary/aromatic N) is 2. The summed E-state index contributed by atoms with van der Waals surface area (Å²) in [4.78, 5) is 16.9. The van der Waals surface area contributed by atoms with Crippen LogP contribution in [0.25, 0.3) is 0 Å². The molecule has 6 nitrogen and oxygen atoms in total. The number of carbonyl (C=O) groups excluding carboxylic acids is 1. The zero-order valence-electron chi connectivity index (χ0n) is 16.4. The molecule has 0 unspecified atom stereocenters. The van der Waals surface area contributed by atoms with Crippen LogP contribution in [-0.2, 0) is 4.79 Å². The molecule has 2 heterocycles. The molecule has 2 fully saturated rings. The van der Waals surface area contributed by atoms with Crippen LogP contribution in [0.3, 0.4) is 0 Å². The Labute approximate surface area is 171 Å². The number of aromatic nitrogens is 1. The maximum Gasteiger partial charge on any atom is 0.237 e. The number of pyridine rings is 1. The van der Waals surface area contributed by atoms with E-state index in [0.29, 0.717) is 11.4 Å². The minimum absolute atomic E-state index is 0.0391. The van der Waals surface area contributed by atoms with Crippen LogP contribution in [0, 0.1) is 11.3 Å². The fraction of sp³-hybridized carbons (Fsp3) is 0.435. The lowest BCUT2D eigenvalue weighted by Crippen LogP contribution is -2.47. The van der Waals surface area contributed by atoms with Crippen molar-refractivity contribution < 1.29 is 9.53 Å². The monoisotopic (exact) mass is 390 g/mol. The first-order valence-electron chi connectivity index (χ1n) is 10.4. The molecule has 0 bridgehead atoms. The number of nitriles is 1. The van der Waals surface area contributed by atoms with Gasteiger partial charge in [0, 0.05) is 18.3 Å². The van der Waals surface area contributed by atoms with Crippen molar-refractivity contribution >= 4 is 5.91 Å². The van der Waals surface area contributed by atoms with E-state index in [4.69, 9.17) is 10.00 Å². The summed E-state index contributed by atoms with van der Waals surface area (Å²) in [6.45, 7) is 0. The van der Waals surface area contributed by atoms with Gasteiger partial charge in [0.15, 0.2) is 0 Å². The number of nitrogens with one attached hydrogen (secondary N) is 2. The van der Waals surface area contributed by atoms with E-state index in [2.05, 4.69) is 33.8 Å². The standard InChI is InChI=1S/C23H26N4O2/c24-15-17-7-4-14-25-23(17)29-19-10-8-18(9-11-19)26-22(28)21-13-12-20(27-21)16-5-2-1-3-6-16/h1-7,14,18-21,27H,8-13H2,(H,26,28)/t18?,19?,20-,21+/m0/s1. The van der Waals surface area contributed by atoms with Crippen molar-refractivity contribution in [3.05, 3.63) is 59.8 Å². The number of hydrogen-bond acceptors (Lipinski definition) is 5. The van der Waals surface area contributed by atoms with Crippen LogP contribution in [0.15, 0.2) is 48.7 Å². The van der Waals surface area contributed by atoms with Crippen molar-refractivity contribution in [1.82, 2.24) is 15.6 Å². The Balaban J connectivity index is 1.24. The second-order valence-corrected chi connectivity index (χ2v) is 7.83. The second kappa shape index (κ2) is 9.06. The van der Waals surface area contributed by atoms with Gasteiger partial charge in [-0.15, -0.1) is 0 Å². The van der Waals surface area contributed by atoms with Gasteiger partial charge in [0.25, 0.3) is 0 Å². The van der Waals surface area contributed by atoms with Gasteiger partial charge in [-0.3, -0.25) is 10.1 Å². The average Bonchev–Trinajstić information content (AvgIpc) is 3.27. The van der Waals surface area contributed by atoms with Gasteiger partial charge >= 0.3 is 0 Å². The van der Waals surface area contributed by atoms with Gasteiger partial charge in [0.2, 0.25) is 11.8 Å². The first-order chi connectivity index (χ1) is 14.2. The van der Waals surface area contributed by atoms with E-state index in [1.165, 1.54) is 5.56 Å². The zero-order chi connectivity index (χ0) is 20.1. The topological polar surface area (TPSA) is 87.0 Å². The third-order valence-electron chi connectivity index (χ3n) is 5.86. The Morgan fingerprint density at radius 3 is 2.62 bits per heavy atom. The van der Waals surface area contributed by atoms with E-state index in [-0.39, 0.29) is 30.1 Å². The largest absolute Gasteiger partial charge is 0.473 e. The Morgan fingerprint density at radius 2 is 1.86 bits per heavy atom. The van der Waals surface area contributed by atoms with Crippen molar-refractivity contribution in [2.45, 2.75) is 62.8 Å². The van der Waals surface area contributed by atoms with Crippen LogP contribution in [0.5, 0.6) is 5.88 Å². The highest BCUT2D eigenvalue weighted by molar-refractivity contribution is 5.82. The smallest absolute Gasteiger partial charge is 0.237 e. The molecule has 1 amide bonds. The van der Waals surface area contributed by atoms with Crippen LogP contribution in [-0.4, -0.2) is 29.1 Å². The highest BCUT2D eigenvalue weighted by Crippen LogP contribution is 2.28. The molecule has 0 radical (unpaired) electrons. The van der Waals surface area contributed by atoms with E-state index < -0.39 is 0 Å². The van der Waals surface area contributed by atoms with Gasteiger partial charge in [-0.1, -0.05) is 30.3 Å². The van der Waals surface area contributed by atoms with Crippen LogP contribution >= 0.6 is 0 Å². The molecule has 2 atom stereocenters. The molecule has 1 aromatic heterocycles. The summed E-state index contributed by atoms with van der Waals surface area (Å²) in [5, 5.41) is 15.9. The summed E-state index contributed by atoms with van der Waals surface area (Å²) in [5.74, 6) is 0.508. The van der Waals surface area contributed by atoms with Gasteiger partial charge < -0.3 is 10.1 Å². The lowest BCUT2D eigenvalue weighted by molar-refractivity contribution is -0.123. The molecule has 6 heteroatoms. The minimum Gasteiger partial charge on any atom is -0.473 e. The summed E-state index contributed by atoms with van der Waals surface area (Å²) in [7, 11) is 0. The third kappa shape index (κ3) is 4.75. The van der Waals surface area contributed by atoms with E-state index in [9.17, 15) is 4.79 Å². The van der Waals surface area contributed by atoms with E-state index in [1.807, 2.05) is 18.2 Å². The summed E-state index contributed by atoms with van der Waals surface area (Å²) >= 11 is 0. The summed E-state index contributed by atoms with van der Waals surface area (Å²) < 4.78 is 5.93. The Hall–Kier alpha value is -2.91. The molecule has 1 saturated heterocycles. The molecule has 150 valence electrons. The lowest BCUT2D eigenvalue weighted by Gasteiger charge is -2.30. The third-order valence-corrected chi connectivity index (χ3v) is 5.86. The van der Waals surface area contributed by atoms with Gasteiger partial charge in [-0.2, -0.15) is 5.26 Å². The summed E-state index contributed by atoms with van der Waals surface area (Å²) in [6, 6.07) is 16.2. The maximum absolute atomic E-state index is 12.7. The lowest BCUT2D eigenvalue weighted by atomic mass is 9.92. The van der Waals surface area contributed by atoms with Gasteiger partial charge in [-0.05, 0) is 56.2 Å². The van der Waals surface area contributed by atoms with Gasteiger partial charge in [0.05, 0.1) is 6.04 Å². The molecule has 2 aliphatic rings. The average molecular weight is 390 g/mol. The molecule has 1 aliphatic heterocycles. The highest BCUT2D eigenvalue weighted by Gasteiger charge is 2.32. The summed E-state index contributed by atoms with van der Waals surface area (Å²) in [5.41, 5.74) is 1.70. The number of benzene rings is 1. The molecule has 0 spiro atoms. The first-order valence-corrected chi connectivity index (χ1v) is 10.4. The van der Waals surface area contributed by atoms with Crippen LogP contribution in [0.1, 0.15) is 55.7 Å². The quantitative estimate of drug-likeness (QED) is 0.818. The molecule has 2 N–H and O–H groups in total. The van der Waals surface area contributed by atoms with Gasteiger partial charge in [0.1, 0.15) is 17.7 Å². The minimum atomic E-state index is -0.124. The number of amides is 1. The van der Waals surface area contributed by atoms with Crippen molar-refractivity contribution in [3.63, 3.8) is 0 Å². The fourth-order valence-electron chi connectivity index (χ4n) is 4.25. The molecular formula is C23H26N4O2. The number of carbonyl (C=O) groups is 1. The van der Waals surface area contributed by atoms with Gasteiger partial charge in [-0.25, -0.2) is 4.98 Å². The molecular weight excluding hydrogens is 364 g/mol. The van der Waals surface area contributed by atoms with Crippen molar-refractivity contribution in [1.29, 1.82) is 5.26 Å². The number of hydrogen-bond donors (Lipinski definition) is 2. The fourth-order valence-corrected chi connectivity index (χ4v) is 4.25. The van der Waals surface area contributed by atoms with Crippen LogP contribution in [0.4, 0.5) is 0 Å². The predicted octanol–water partition coefficient (Wildman–Crippen LogP) is 3.25. The van der Waals surface area contributed by atoms with Crippen molar-refractivity contribution in [2.75, 3.05) is 0 Å². The maximum atomic E-state index is 12.7. The van der Waals surface area contributed by atoms with Crippen LogP contribution in [0.2, 0.25) is 0 Å². The number of rotatable bonds is 5. The summed E-state index contributed by atoms with van der Waals surface area (Å²) in [6.07, 6.45) is 6.96. The first kappa shape index (κ1) is 19.4. The Morgan fingerprint density at radius 1 is 1.07 bits per heavy atom. The van der Waals surface area contributed by atoms with E-state index in [1.54, 1.807) is 18.3 Å². The Kier molecular flexibility index (Phi) is 6.06. The van der Waals surface area contributed by atoms with Crippen molar-refractivity contribution in [3.8, 4) is 11.9 Å². The second-order valence-electron chi connectivity index (χ2n) is 7.83. The SMILES string of the molecule is N#Cc1cccnc1OC1CCC(NC(=O)[C@H]2CC[C@@H](c3ccccc3)N2)CC1. The molecule has 4 rings (SSSR count). The zero-order valence-corrected chi connectivity index (χ0v) is 16.4. The van der Waals surface area contributed by atoms with E-state index in [0.717, 1.165) is 38.5 Å². The molecule has 1 saturated carbocycles. The molecule has 29 heavy (non-hydrogen) atoms. The predicted molar refractivity (Wildman–Crippen MR) is 109 cm³/mol. The normalized spacial score (nSPS) is 26.4. The molecule has 1 aliphatic carbocycles. The van der Waals surface area contributed by atoms with E-state index >= 15 is 0 Å². The molecule has 2 aromatic rings. The highest BCUT2D eigenvalue weighted by atomic mass is 16.5. The van der Waals surface area contributed by atoms with Crippen LogP contribution < -0.4 is 15.4 Å². The number of ether oxygens (including phenoxy) is 1. The van der Waals surface area contributed by atoms with Crippen molar-refractivity contribution in [2.24, 2.45) is 0 Å².